The lowest BCUT2D eigenvalue weighted by Gasteiger charge is -2.14. The number of carbonyl (C=O) groups is 2. The van der Waals surface area contributed by atoms with E-state index in [9.17, 15) is 19.7 Å². The van der Waals surface area contributed by atoms with Crippen LogP contribution in [0.5, 0.6) is 0 Å². The number of ether oxygens (including phenoxy) is 1. The number of nitro groups is 1. The fourth-order valence-electron chi connectivity index (χ4n) is 3.67. The van der Waals surface area contributed by atoms with Crippen LogP contribution in [0.1, 0.15) is 27.4 Å². The molecule has 8 nitrogen and oxygen atoms in total. The van der Waals surface area contributed by atoms with Crippen LogP contribution >= 0.6 is 0 Å². The summed E-state index contributed by atoms with van der Waals surface area (Å²) >= 11 is 0. The molecule has 30 heavy (non-hydrogen) atoms. The van der Waals surface area contributed by atoms with Crippen LogP contribution in [-0.4, -0.2) is 28.7 Å². The fraction of sp³-hybridized carbons (Fsp3) is 0.0909. The van der Waals surface area contributed by atoms with Gasteiger partial charge in [-0.25, -0.2) is 9.59 Å². The van der Waals surface area contributed by atoms with Crippen LogP contribution in [0.15, 0.2) is 66.7 Å². The lowest BCUT2D eigenvalue weighted by atomic mass is 9.98. The molecule has 2 N–H and O–H groups in total. The number of benzene rings is 3. The summed E-state index contributed by atoms with van der Waals surface area (Å²) in [6, 6.07) is 19.0. The van der Waals surface area contributed by atoms with Crippen molar-refractivity contribution < 1.29 is 24.4 Å². The molecule has 1 amide bonds. The highest BCUT2D eigenvalue weighted by molar-refractivity contribution is 5.93. The molecule has 3 aromatic carbocycles. The van der Waals surface area contributed by atoms with Crippen LogP contribution in [-0.2, 0) is 4.74 Å². The Balaban J connectivity index is 1.51. The Morgan fingerprint density at radius 3 is 2.17 bits per heavy atom. The number of nitrogens with zero attached hydrogens (tertiary/aromatic N) is 1. The van der Waals surface area contributed by atoms with E-state index in [0.717, 1.165) is 28.3 Å². The van der Waals surface area contributed by atoms with Crippen LogP contribution in [0.2, 0.25) is 0 Å². The van der Waals surface area contributed by atoms with Gasteiger partial charge >= 0.3 is 12.1 Å². The number of aromatic carboxylic acids is 1. The molecule has 3 aromatic rings. The summed E-state index contributed by atoms with van der Waals surface area (Å²) < 4.78 is 5.37. The van der Waals surface area contributed by atoms with Crippen LogP contribution < -0.4 is 5.32 Å². The Hall–Kier alpha value is -4.20. The number of nitrogens with one attached hydrogen (secondary N) is 1. The number of anilines is 1. The first kappa shape index (κ1) is 19.1. The molecule has 0 saturated carbocycles. The molecule has 1 aliphatic carbocycles. The van der Waals surface area contributed by atoms with Gasteiger partial charge < -0.3 is 9.84 Å². The van der Waals surface area contributed by atoms with Crippen LogP contribution in [0, 0.1) is 10.1 Å². The van der Waals surface area contributed by atoms with Gasteiger partial charge in [-0.1, -0.05) is 48.5 Å². The third-order valence-electron chi connectivity index (χ3n) is 5.02. The highest BCUT2D eigenvalue weighted by Gasteiger charge is 2.29. The van der Waals surface area contributed by atoms with Crippen molar-refractivity contribution in [3.63, 3.8) is 0 Å². The first-order valence-electron chi connectivity index (χ1n) is 9.09. The summed E-state index contributed by atoms with van der Waals surface area (Å²) in [7, 11) is 0. The summed E-state index contributed by atoms with van der Waals surface area (Å²) in [5.41, 5.74) is 3.35. The average Bonchev–Trinajstić information content (AvgIpc) is 3.06. The van der Waals surface area contributed by atoms with Crippen molar-refractivity contribution in [2.45, 2.75) is 5.92 Å². The Morgan fingerprint density at radius 2 is 1.60 bits per heavy atom. The Morgan fingerprint density at radius 1 is 1.00 bits per heavy atom. The second-order valence-corrected chi connectivity index (χ2v) is 6.74. The molecular formula is C22H16N2O6. The molecule has 1 aliphatic rings. The van der Waals surface area contributed by atoms with E-state index in [1.807, 2.05) is 48.5 Å². The standard InChI is InChI=1S/C22H16N2O6/c25-21(26)13-9-10-19(20(11-13)24(28)29)23-22(27)30-12-18-16-7-3-1-5-14(16)15-6-2-4-8-17(15)18/h1-11,18H,12H2,(H,23,27)(H,25,26). The van der Waals surface area contributed by atoms with Gasteiger partial charge in [-0.05, 0) is 34.4 Å². The number of fused-ring (bicyclic) bond motifs is 3. The lowest BCUT2D eigenvalue weighted by Crippen LogP contribution is -2.18. The Labute approximate surface area is 170 Å². The van der Waals surface area contributed by atoms with Crippen molar-refractivity contribution in [3.8, 4) is 11.1 Å². The van der Waals surface area contributed by atoms with E-state index in [1.165, 1.54) is 12.1 Å². The van der Waals surface area contributed by atoms with Crippen molar-refractivity contribution in [2.24, 2.45) is 0 Å². The van der Waals surface area contributed by atoms with Gasteiger partial charge in [0, 0.05) is 12.0 Å². The molecule has 4 rings (SSSR count). The second kappa shape index (κ2) is 7.67. The van der Waals surface area contributed by atoms with E-state index in [0.29, 0.717) is 0 Å². The predicted molar refractivity (Wildman–Crippen MR) is 109 cm³/mol. The second-order valence-electron chi connectivity index (χ2n) is 6.74. The van der Waals surface area contributed by atoms with Crippen molar-refractivity contribution >= 4 is 23.4 Å². The van der Waals surface area contributed by atoms with Crippen molar-refractivity contribution in [2.75, 3.05) is 11.9 Å². The number of hydrogen-bond acceptors (Lipinski definition) is 5. The summed E-state index contributed by atoms with van der Waals surface area (Å²) in [6.07, 6.45) is -0.858. The molecule has 8 heteroatoms. The number of carboxylic acids is 1. The van der Waals surface area contributed by atoms with Gasteiger partial charge in [0.2, 0.25) is 0 Å². The van der Waals surface area contributed by atoms with E-state index in [4.69, 9.17) is 9.84 Å². The molecule has 150 valence electrons. The third-order valence-corrected chi connectivity index (χ3v) is 5.02. The van der Waals surface area contributed by atoms with Gasteiger partial charge in [0.15, 0.2) is 0 Å². The minimum Gasteiger partial charge on any atom is -0.478 e. The van der Waals surface area contributed by atoms with Crippen molar-refractivity contribution in [1.82, 2.24) is 0 Å². The summed E-state index contributed by atoms with van der Waals surface area (Å²) in [4.78, 5) is 33.8. The Bertz CT molecular complexity index is 1130. The van der Waals surface area contributed by atoms with Crippen molar-refractivity contribution in [1.29, 1.82) is 0 Å². The predicted octanol–water partition coefficient (Wildman–Crippen LogP) is 4.65. The highest BCUT2D eigenvalue weighted by atomic mass is 16.6. The summed E-state index contributed by atoms with van der Waals surface area (Å²) in [5, 5.41) is 22.6. The van der Waals surface area contributed by atoms with Gasteiger partial charge in [-0.15, -0.1) is 0 Å². The summed E-state index contributed by atoms with van der Waals surface area (Å²) in [5.74, 6) is -1.45. The molecule has 0 saturated heterocycles. The average molecular weight is 404 g/mol. The number of hydrogen-bond donors (Lipinski definition) is 2. The largest absolute Gasteiger partial charge is 0.478 e. The highest BCUT2D eigenvalue weighted by Crippen LogP contribution is 2.44. The van der Waals surface area contributed by atoms with Gasteiger partial charge in [0.1, 0.15) is 12.3 Å². The van der Waals surface area contributed by atoms with E-state index < -0.39 is 22.7 Å². The first-order chi connectivity index (χ1) is 14.5. The zero-order valence-electron chi connectivity index (χ0n) is 15.6. The molecule has 0 heterocycles. The zero-order valence-corrected chi connectivity index (χ0v) is 15.6. The van der Waals surface area contributed by atoms with Crippen LogP contribution in [0.4, 0.5) is 16.2 Å². The lowest BCUT2D eigenvalue weighted by molar-refractivity contribution is -0.384. The number of nitro benzene ring substituents is 1. The molecule has 0 atom stereocenters. The molecule has 0 spiro atoms. The number of amides is 1. The van der Waals surface area contributed by atoms with E-state index in [2.05, 4.69) is 5.32 Å². The van der Waals surface area contributed by atoms with Gasteiger partial charge in [-0.3, -0.25) is 15.4 Å². The van der Waals surface area contributed by atoms with Crippen molar-refractivity contribution in [3.05, 3.63) is 93.5 Å². The SMILES string of the molecule is O=C(Nc1ccc(C(=O)O)cc1[N+](=O)[O-])OCC1c2ccccc2-c2ccccc21. The minimum atomic E-state index is -1.30. The molecule has 0 aliphatic heterocycles. The van der Waals surface area contributed by atoms with Gasteiger partial charge in [-0.2, -0.15) is 0 Å². The first-order valence-corrected chi connectivity index (χ1v) is 9.09. The van der Waals surface area contributed by atoms with E-state index in [-0.39, 0.29) is 23.8 Å². The normalized spacial score (nSPS) is 12.0. The fourth-order valence-corrected chi connectivity index (χ4v) is 3.67. The summed E-state index contributed by atoms with van der Waals surface area (Å²) in [6.45, 7) is 0.0564. The maximum Gasteiger partial charge on any atom is 0.411 e. The van der Waals surface area contributed by atoms with Gasteiger partial charge in [0.05, 0.1) is 10.5 Å². The molecular weight excluding hydrogens is 388 g/mol. The zero-order chi connectivity index (χ0) is 21.3. The monoisotopic (exact) mass is 404 g/mol. The quantitative estimate of drug-likeness (QED) is 0.472. The van der Waals surface area contributed by atoms with Gasteiger partial charge in [0.25, 0.3) is 5.69 Å². The smallest absolute Gasteiger partial charge is 0.411 e. The molecule has 0 fully saturated rings. The third kappa shape index (κ3) is 3.46. The maximum atomic E-state index is 12.3. The molecule has 0 aromatic heterocycles. The Kier molecular flexibility index (Phi) is 4.89. The number of carbonyl (C=O) groups excluding carboxylic acids is 1. The molecule has 0 radical (unpaired) electrons. The topological polar surface area (TPSA) is 119 Å². The van der Waals surface area contributed by atoms with E-state index in [1.54, 1.807) is 0 Å². The van der Waals surface area contributed by atoms with Crippen LogP contribution in [0.3, 0.4) is 0 Å². The maximum absolute atomic E-state index is 12.3. The van der Waals surface area contributed by atoms with Crippen LogP contribution in [0.25, 0.3) is 11.1 Å². The molecule has 0 bridgehead atoms. The molecule has 0 unspecified atom stereocenters. The minimum absolute atomic E-state index is 0.0564. The number of rotatable bonds is 5. The van der Waals surface area contributed by atoms with E-state index >= 15 is 0 Å². The number of carboxylic acid groups (broad SMARTS) is 1.